The van der Waals surface area contributed by atoms with E-state index in [0.717, 1.165) is 10.2 Å². The molecule has 0 aliphatic rings. The van der Waals surface area contributed by atoms with Crippen LogP contribution in [0.4, 0.5) is 0 Å². The van der Waals surface area contributed by atoms with Crippen LogP contribution in [0.1, 0.15) is 10.5 Å². The second kappa shape index (κ2) is 4.31. The van der Waals surface area contributed by atoms with E-state index in [-0.39, 0.29) is 5.69 Å². The zero-order chi connectivity index (χ0) is 11.7. The third-order valence-corrected chi connectivity index (χ3v) is 2.85. The first-order valence-electron chi connectivity index (χ1n) is 4.45. The fourth-order valence-corrected chi connectivity index (χ4v) is 1.88. The summed E-state index contributed by atoms with van der Waals surface area (Å²) in [7, 11) is 0. The molecule has 0 unspecified atom stereocenters. The van der Waals surface area contributed by atoms with Crippen LogP contribution in [0.25, 0.3) is 5.69 Å². The Balaban J connectivity index is 2.55. The first-order valence-corrected chi connectivity index (χ1v) is 5.62. The summed E-state index contributed by atoms with van der Waals surface area (Å²) in [5, 5.41) is 9.41. The number of hydrogen-bond acceptors (Lipinski definition) is 1. The van der Waals surface area contributed by atoms with E-state index in [1.165, 1.54) is 10.6 Å². The van der Waals surface area contributed by atoms with Gasteiger partial charge >= 0.3 is 5.97 Å². The van der Waals surface area contributed by atoms with Gasteiger partial charge in [0.05, 0.1) is 5.02 Å². The van der Waals surface area contributed by atoms with Gasteiger partial charge in [0.25, 0.3) is 0 Å². The number of rotatable bonds is 2. The lowest BCUT2D eigenvalue weighted by Crippen LogP contribution is -2.05. The average molecular weight is 301 g/mol. The summed E-state index contributed by atoms with van der Waals surface area (Å²) in [4.78, 5) is 11.0. The van der Waals surface area contributed by atoms with Crippen molar-refractivity contribution >= 4 is 33.5 Å². The maximum atomic E-state index is 11.0. The van der Waals surface area contributed by atoms with Crippen LogP contribution in [0.3, 0.4) is 0 Å². The van der Waals surface area contributed by atoms with Crippen molar-refractivity contribution in [2.24, 2.45) is 0 Å². The lowest BCUT2D eigenvalue weighted by molar-refractivity contribution is 0.0688. The van der Waals surface area contributed by atoms with Gasteiger partial charge in [-0.3, -0.25) is 0 Å². The molecule has 0 amide bonds. The zero-order valence-corrected chi connectivity index (χ0v) is 10.4. The van der Waals surface area contributed by atoms with E-state index in [9.17, 15) is 4.79 Å². The van der Waals surface area contributed by atoms with Crippen LogP contribution in [0.2, 0.25) is 5.02 Å². The van der Waals surface area contributed by atoms with E-state index in [4.69, 9.17) is 16.7 Å². The monoisotopic (exact) mass is 299 g/mol. The van der Waals surface area contributed by atoms with Crippen molar-refractivity contribution in [3.05, 3.63) is 51.7 Å². The molecule has 82 valence electrons. The fraction of sp³-hybridized carbons (Fsp3) is 0. The number of carboxylic acids is 1. The molecule has 1 aromatic heterocycles. The molecule has 1 heterocycles. The van der Waals surface area contributed by atoms with Crippen LogP contribution in [-0.2, 0) is 0 Å². The Kier molecular flexibility index (Phi) is 3.03. The van der Waals surface area contributed by atoms with Gasteiger partial charge in [-0.15, -0.1) is 0 Å². The van der Waals surface area contributed by atoms with E-state index in [1.54, 1.807) is 6.20 Å². The molecule has 0 bridgehead atoms. The molecule has 3 nitrogen and oxygen atoms in total. The van der Waals surface area contributed by atoms with Crippen LogP contribution in [0, 0.1) is 0 Å². The quantitative estimate of drug-likeness (QED) is 0.921. The van der Waals surface area contributed by atoms with Gasteiger partial charge in [0.1, 0.15) is 5.69 Å². The molecule has 1 N–H and O–H groups in total. The maximum Gasteiger partial charge on any atom is 0.352 e. The third-order valence-electron chi connectivity index (χ3n) is 2.11. The van der Waals surface area contributed by atoms with Crippen molar-refractivity contribution in [3.63, 3.8) is 0 Å². The van der Waals surface area contributed by atoms with E-state index in [0.29, 0.717) is 5.02 Å². The molecule has 2 aromatic rings. The van der Waals surface area contributed by atoms with E-state index >= 15 is 0 Å². The zero-order valence-electron chi connectivity index (χ0n) is 8.02. The number of carbonyl (C=O) groups is 1. The van der Waals surface area contributed by atoms with Crippen LogP contribution >= 0.6 is 27.5 Å². The van der Waals surface area contributed by atoms with E-state index in [1.807, 2.05) is 24.3 Å². The number of carboxylic acid groups (broad SMARTS) is 1. The SMILES string of the molecule is O=C(O)c1cc(Cl)cn1-c1ccc(Br)cc1. The van der Waals surface area contributed by atoms with Crippen molar-refractivity contribution in [1.29, 1.82) is 0 Å². The van der Waals surface area contributed by atoms with E-state index < -0.39 is 5.97 Å². The molecule has 0 fully saturated rings. The van der Waals surface area contributed by atoms with Gasteiger partial charge < -0.3 is 9.67 Å². The summed E-state index contributed by atoms with van der Waals surface area (Å²) >= 11 is 9.12. The largest absolute Gasteiger partial charge is 0.477 e. The maximum absolute atomic E-state index is 11.0. The predicted molar refractivity (Wildman–Crippen MR) is 65.4 cm³/mol. The van der Waals surface area contributed by atoms with E-state index in [2.05, 4.69) is 15.9 Å². The molecular weight excluding hydrogens is 293 g/mol. The Labute approximate surface area is 105 Å². The lowest BCUT2D eigenvalue weighted by Gasteiger charge is -2.05. The molecule has 0 saturated carbocycles. The van der Waals surface area contributed by atoms with Gasteiger partial charge in [-0.2, -0.15) is 0 Å². The molecule has 0 spiro atoms. The highest BCUT2D eigenvalue weighted by Crippen LogP contribution is 2.21. The number of benzene rings is 1. The highest BCUT2D eigenvalue weighted by atomic mass is 79.9. The second-order valence-corrected chi connectivity index (χ2v) is 4.55. The molecule has 0 aliphatic carbocycles. The van der Waals surface area contributed by atoms with Crippen molar-refractivity contribution in [2.45, 2.75) is 0 Å². The first-order chi connectivity index (χ1) is 7.58. The highest BCUT2D eigenvalue weighted by molar-refractivity contribution is 9.10. The molecule has 16 heavy (non-hydrogen) atoms. The lowest BCUT2D eigenvalue weighted by atomic mass is 10.3. The van der Waals surface area contributed by atoms with Gasteiger partial charge in [0.2, 0.25) is 0 Å². The topological polar surface area (TPSA) is 42.2 Å². The molecule has 5 heteroatoms. The van der Waals surface area contributed by atoms with Crippen molar-refractivity contribution in [3.8, 4) is 5.69 Å². The van der Waals surface area contributed by atoms with Gasteiger partial charge in [0.15, 0.2) is 0 Å². The number of halogens is 2. The van der Waals surface area contributed by atoms with Crippen LogP contribution in [0.15, 0.2) is 41.0 Å². The summed E-state index contributed by atoms with van der Waals surface area (Å²) < 4.78 is 2.48. The smallest absolute Gasteiger partial charge is 0.352 e. The molecule has 2 rings (SSSR count). The Morgan fingerprint density at radius 2 is 1.94 bits per heavy atom. The number of nitrogens with zero attached hydrogens (tertiary/aromatic N) is 1. The van der Waals surface area contributed by atoms with Gasteiger partial charge in [-0.1, -0.05) is 27.5 Å². The standard InChI is InChI=1S/C11H7BrClNO2/c12-7-1-3-9(4-2-7)14-6-8(13)5-10(14)11(15)16/h1-6H,(H,15,16). The predicted octanol–water partition coefficient (Wildman–Crippen LogP) is 3.59. The molecule has 0 radical (unpaired) electrons. The Bertz CT molecular complexity index is 533. The number of hydrogen-bond donors (Lipinski definition) is 1. The Morgan fingerprint density at radius 1 is 1.31 bits per heavy atom. The minimum atomic E-state index is -1.00. The third kappa shape index (κ3) is 2.13. The average Bonchev–Trinajstić information content (AvgIpc) is 2.61. The van der Waals surface area contributed by atoms with Gasteiger partial charge in [-0.25, -0.2) is 4.79 Å². The van der Waals surface area contributed by atoms with Crippen molar-refractivity contribution in [1.82, 2.24) is 4.57 Å². The summed E-state index contributed by atoms with van der Waals surface area (Å²) in [6.07, 6.45) is 1.58. The molecule has 0 atom stereocenters. The summed E-state index contributed by atoms with van der Waals surface area (Å²) in [5.41, 5.74) is 0.903. The molecule has 0 saturated heterocycles. The number of aromatic nitrogens is 1. The number of aromatic carboxylic acids is 1. The summed E-state index contributed by atoms with van der Waals surface area (Å²) in [6, 6.07) is 8.73. The molecule has 0 aliphatic heterocycles. The van der Waals surface area contributed by atoms with Gasteiger partial charge in [-0.05, 0) is 30.3 Å². The molecule has 1 aromatic carbocycles. The van der Waals surface area contributed by atoms with Crippen LogP contribution < -0.4 is 0 Å². The highest BCUT2D eigenvalue weighted by Gasteiger charge is 2.12. The van der Waals surface area contributed by atoms with Crippen LogP contribution in [0.5, 0.6) is 0 Å². The second-order valence-electron chi connectivity index (χ2n) is 3.20. The minimum absolute atomic E-state index is 0.146. The first kappa shape index (κ1) is 11.2. The van der Waals surface area contributed by atoms with Gasteiger partial charge in [0, 0.05) is 16.4 Å². The normalized spacial score (nSPS) is 10.4. The Morgan fingerprint density at radius 3 is 2.50 bits per heavy atom. The Hall–Kier alpha value is -1.26. The molecular formula is C11H7BrClNO2. The van der Waals surface area contributed by atoms with Crippen LogP contribution in [-0.4, -0.2) is 15.6 Å². The minimum Gasteiger partial charge on any atom is -0.477 e. The fourth-order valence-electron chi connectivity index (χ4n) is 1.41. The van der Waals surface area contributed by atoms with Crippen molar-refractivity contribution in [2.75, 3.05) is 0 Å². The van der Waals surface area contributed by atoms with Crippen molar-refractivity contribution < 1.29 is 9.90 Å². The summed E-state index contributed by atoms with van der Waals surface area (Å²) in [5.74, 6) is -1.00. The summed E-state index contributed by atoms with van der Waals surface area (Å²) in [6.45, 7) is 0.